The number of hydrogen-bond donors (Lipinski definition) is 0. The molecule has 0 aromatic rings. The molecular weight excluding hydrogens is 284 g/mol. The molecule has 1 spiro atoms. The molecule has 3 aliphatic heterocycles. The quantitative estimate of drug-likeness (QED) is 0.508. The van der Waals surface area contributed by atoms with Crippen LogP contribution >= 0.6 is 0 Å². The van der Waals surface area contributed by atoms with E-state index in [0.717, 1.165) is 12.8 Å². The van der Waals surface area contributed by atoms with Gasteiger partial charge in [-0.15, -0.1) is 0 Å². The molecule has 3 heterocycles. The molecule has 0 bridgehead atoms. The average molecular weight is 308 g/mol. The predicted octanol–water partition coefficient (Wildman–Crippen LogP) is 2.36. The van der Waals surface area contributed by atoms with E-state index in [2.05, 4.69) is 6.92 Å². The van der Waals surface area contributed by atoms with Crippen molar-refractivity contribution < 1.29 is 23.8 Å². The number of carbonyl (C=O) groups excluding carboxylic acids is 2. The van der Waals surface area contributed by atoms with E-state index in [1.807, 2.05) is 20.8 Å². The minimum absolute atomic E-state index is 0.00875. The van der Waals surface area contributed by atoms with Crippen LogP contribution in [0, 0.1) is 11.3 Å². The van der Waals surface area contributed by atoms with Crippen molar-refractivity contribution in [2.24, 2.45) is 11.3 Å². The van der Waals surface area contributed by atoms with Gasteiger partial charge < -0.3 is 14.2 Å². The van der Waals surface area contributed by atoms with Crippen molar-refractivity contribution in [3.8, 4) is 0 Å². The van der Waals surface area contributed by atoms with Crippen molar-refractivity contribution in [3.63, 3.8) is 0 Å². The summed E-state index contributed by atoms with van der Waals surface area (Å²) in [6, 6.07) is 0. The maximum absolute atomic E-state index is 12.1. The van der Waals surface area contributed by atoms with Crippen LogP contribution in [-0.4, -0.2) is 34.8 Å². The van der Waals surface area contributed by atoms with Gasteiger partial charge >= 0.3 is 11.9 Å². The molecule has 4 aliphatic rings. The predicted molar refractivity (Wildman–Crippen MR) is 77.0 cm³/mol. The van der Waals surface area contributed by atoms with Crippen LogP contribution in [0.4, 0.5) is 0 Å². The van der Waals surface area contributed by atoms with Gasteiger partial charge in [-0.2, -0.15) is 0 Å². The molecule has 5 atom stereocenters. The van der Waals surface area contributed by atoms with Gasteiger partial charge in [0.05, 0.1) is 6.10 Å². The van der Waals surface area contributed by atoms with Gasteiger partial charge in [0.25, 0.3) is 0 Å². The molecule has 122 valence electrons. The fourth-order valence-corrected chi connectivity index (χ4v) is 5.98. The van der Waals surface area contributed by atoms with Crippen LogP contribution in [-0.2, 0) is 23.8 Å². The Morgan fingerprint density at radius 2 is 1.68 bits per heavy atom. The molecule has 0 aromatic heterocycles. The second-order valence-electron chi connectivity index (χ2n) is 8.33. The molecule has 5 nitrogen and oxygen atoms in total. The number of epoxide rings is 1. The number of fused-ring (bicyclic) bond motifs is 2. The zero-order valence-electron chi connectivity index (χ0n) is 13.7. The van der Waals surface area contributed by atoms with E-state index in [-0.39, 0.29) is 29.4 Å². The van der Waals surface area contributed by atoms with Crippen molar-refractivity contribution in [2.75, 3.05) is 0 Å². The van der Waals surface area contributed by atoms with Crippen molar-refractivity contribution in [1.82, 2.24) is 0 Å². The third kappa shape index (κ3) is 1.48. The van der Waals surface area contributed by atoms with Gasteiger partial charge in [0, 0.05) is 30.6 Å². The summed E-state index contributed by atoms with van der Waals surface area (Å²) in [5.41, 5.74) is -1.80. The number of carbonyl (C=O) groups is 2. The van der Waals surface area contributed by atoms with Gasteiger partial charge in [-0.3, -0.25) is 9.59 Å². The first kappa shape index (κ1) is 14.5. The van der Waals surface area contributed by atoms with Crippen LogP contribution in [0.1, 0.15) is 59.8 Å². The van der Waals surface area contributed by atoms with E-state index in [0.29, 0.717) is 19.3 Å². The summed E-state index contributed by atoms with van der Waals surface area (Å²) >= 11 is 0. The lowest BCUT2D eigenvalue weighted by atomic mass is 9.49. The van der Waals surface area contributed by atoms with E-state index in [1.54, 1.807) is 0 Å². The molecule has 22 heavy (non-hydrogen) atoms. The third-order valence-corrected chi connectivity index (χ3v) is 6.77. The van der Waals surface area contributed by atoms with Crippen LogP contribution in [0.25, 0.3) is 0 Å². The van der Waals surface area contributed by atoms with Crippen LogP contribution in [0.3, 0.4) is 0 Å². The standard InChI is InChI=1S/C17H24O5/c1-14(2)17-11(20-17)9-16(4)10(5-6-12(18)22-16)15(17,3)8-7-13(19)21-14/h10-11H,5-9H2,1-4H3/t10-,11+,15-,16+,17-/m1/s1. The fraction of sp³-hybridized carbons (Fsp3) is 0.882. The molecule has 4 rings (SSSR count). The molecule has 1 aliphatic carbocycles. The van der Waals surface area contributed by atoms with Gasteiger partial charge in [-0.1, -0.05) is 6.92 Å². The van der Waals surface area contributed by atoms with Crippen LogP contribution in [0.5, 0.6) is 0 Å². The molecule has 0 unspecified atom stereocenters. The van der Waals surface area contributed by atoms with Gasteiger partial charge in [-0.25, -0.2) is 0 Å². The zero-order chi connectivity index (χ0) is 16.0. The highest BCUT2D eigenvalue weighted by Gasteiger charge is 2.82. The molecule has 4 fully saturated rings. The minimum Gasteiger partial charge on any atom is -0.459 e. The number of cyclic esters (lactones) is 1. The second-order valence-corrected chi connectivity index (χ2v) is 8.33. The summed E-state index contributed by atoms with van der Waals surface area (Å²) in [6.07, 6.45) is 3.06. The average Bonchev–Trinajstić information content (AvgIpc) is 3.11. The number of hydrogen-bond acceptors (Lipinski definition) is 5. The first-order valence-electron chi connectivity index (χ1n) is 8.26. The number of esters is 2. The van der Waals surface area contributed by atoms with E-state index < -0.39 is 16.8 Å². The van der Waals surface area contributed by atoms with E-state index in [1.165, 1.54) is 0 Å². The first-order valence-corrected chi connectivity index (χ1v) is 8.26. The summed E-state index contributed by atoms with van der Waals surface area (Å²) in [7, 11) is 0. The minimum atomic E-state index is -0.650. The Labute approximate surface area is 130 Å². The van der Waals surface area contributed by atoms with Crippen molar-refractivity contribution in [2.45, 2.75) is 82.7 Å². The Balaban J connectivity index is 1.83. The third-order valence-electron chi connectivity index (χ3n) is 6.77. The lowest BCUT2D eigenvalue weighted by Gasteiger charge is -2.56. The van der Waals surface area contributed by atoms with E-state index in [9.17, 15) is 9.59 Å². The Morgan fingerprint density at radius 3 is 2.41 bits per heavy atom. The van der Waals surface area contributed by atoms with Gasteiger partial charge in [-0.05, 0) is 33.6 Å². The Bertz CT molecular complexity index is 569. The van der Waals surface area contributed by atoms with Crippen molar-refractivity contribution in [3.05, 3.63) is 0 Å². The first-order chi connectivity index (χ1) is 10.1. The number of rotatable bonds is 0. The molecule has 3 saturated heterocycles. The smallest absolute Gasteiger partial charge is 0.306 e. The van der Waals surface area contributed by atoms with Crippen LogP contribution in [0.15, 0.2) is 0 Å². The maximum Gasteiger partial charge on any atom is 0.306 e. The molecule has 0 radical (unpaired) electrons. The highest BCUT2D eigenvalue weighted by Crippen LogP contribution is 2.71. The largest absolute Gasteiger partial charge is 0.459 e. The summed E-state index contributed by atoms with van der Waals surface area (Å²) in [5.74, 6) is -0.0697. The summed E-state index contributed by atoms with van der Waals surface area (Å²) in [5, 5.41) is 0. The second kappa shape index (κ2) is 3.86. The van der Waals surface area contributed by atoms with E-state index >= 15 is 0 Å². The highest BCUT2D eigenvalue weighted by atomic mass is 16.7. The highest BCUT2D eigenvalue weighted by molar-refractivity contribution is 5.72. The Kier molecular flexibility index (Phi) is 2.54. The topological polar surface area (TPSA) is 65.1 Å². The van der Waals surface area contributed by atoms with Gasteiger partial charge in [0.2, 0.25) is 0 Å². The Morgan fingerprint density at radius 1 is 1.00 bits per heavy atom. The van der Waals surface area contributed by atoms with Crippen molar-refractivity contribution in [1.29, 1.82) is 0 Å². The summed E-state index contributed by atoms with van der Waals surface area (Å²) in [4.78, 5) is 23.9. The SMILES string of the molecule is CC1(C)OC(=O)CC[C@]2(C)[C@H]3CCC(=O)O[C@@]3(C)C[C@@H]3O[C@]312. The lowest BCUT2D eigenvalue weighted by molar-refractivity contribution is -0.204. The maximum atomic E-state index is 12.1. The molecule has 1 saturated carbocycles. The number of ether oxygens (including phenoxy) is 3. The van der Waals surface area contributed by atoms with Crippen LogP contribution < -0.4 is 0 Å². The molecule has 5 heteroatoms. The molecule has 0 aromatic carbocycles. The molecular formula is C17H24O5. The van der Waals surface area contributed by atoms with Crippen molar-refractivity contribution >= 4 is 11.9 Å². The molecule has 0 N–H and O–H groups in total. The zero-order valence-corrected chi connectivity index (χ0v) is 13.7. The summed E-state index contributed by atoms with van der Waals surface area (Å²) < 4.78 is 17.8. The van der Waals surface area contributed by atoms with Gasteiger partial charge in [0.15, 0.2) is 0 Å². The fourth-order valence-electron chi connectivity index (χ4n) is 5.98. The van der Waals surface area contributed by atoms with Gasteiger partial charge in [0.1, 0.15) is 16.8 Å². The Hall–Kier alpha value is -1.10. The summed E-state index contributed by atoms with van der Waals surface area (Å²) in [6.45, 7) is 8.17. The monoisotopic (exact) mass is 308 g/mol. The van der Waals surface area contributed by atoms with E-state index in [4.69, 9.17) is 14.2 Å². The lowest BCUT2D eigenvalue weighted by Crippen LogP contribution is -2.65. The normalized spacial score (nSPS) is 52.4. The molecule has 0 amide bonds. The van der Waals surface area contributed by atoms with Crippen LogP contribution in [0.2, 0.25) is 0 Å².